The number of aryl methyl sites for hydroxylation is 2. The lowest BCUT2D eigenvalue weighted by Crippen LogP contribution is -2.13. The lowest BCUT2D eigenvalue weighted by Gasteiger charge is -2.15. The summed E-state index contributed by atoms with van der Waals surface area (Å²) in [5.74, 6) is -0.396. The first-order chi connectivity index (χ1) is 11.5. The fourth-order valence-corrected chi connectivity index (χ4v) is 2.64. The summed E-state index contributed by atoms with van der Waals surface area (Å²) in [5.41, 5.74) is 2.72. The van der Waals surface area contributed by atoms with Crippen LogP contribution in [-0.2, 0) is 7.05 Å². The summed E-state index contributed by atoms with van der Waals surface area (Å²) >= 11 is 0. The number of hydrogen-bond donors (Lipinski definition) is 2. The second-order valence-electron chi connectivity index (χ2n) is 5.62. The fraction of sp³-hybridized carbons (Fsp3) is 0.235. The molecule has 24 heavy (non-hydrogen) atoms. The Hall–Kier alpha value is -2.98. The number of hydrogen-bond acceptors (Lipinski definition) is 5. The van der Waals surface area contributed by atoms with Gasteiger partial charge in [-0.15, -0.1) is 0 Å². The van der Waals surface area contributed by atoms with Gasteiger partial charge in [-0.3, -0.25) is 9.67 Å². The van der Waals surface area contributed by atoms with Crippen molar-refractivity contribution in [3.63, 3.8) is 0 Å². The van der Waals surface area contributed by atoms with Crippen LogP contribution in [0.5, 0.6) is 0 Å². The highest BCUT2D eigenvalue weighted by Crippen LogP contribution is 2.29. The van der Waals surface area contributed by atoms with Gasteiger partial charge in [0, 0.05) is 36.9 Å². The Morgan fingerprint density at radius 2 is 2.21 bits per heavy atom. The lowest BCUT2D eigenvalue weighted by molar-refractivity contribution is 0.191. The predicted molar refractivity (Wildman–Crippen MR) is 87.8 cm³/mol. The molecule has 2 heterocycles. The van der Waals surface area contributed by atoms with Gasteiger partial charge in [-0.2, -0.15) is 10.4 Å². The number of aliphatic hydroxyl groups excluding tert-OH is 1. The summed E-state index contributed by atoms with van der Waals surface area (Å²) in [7, 11) is 1.76. The number of anilines is 1. The Balaban J connectivity index is 1.97. The van der Waals surface area contributed by atoms with Gasteiger partial charge in [0.2, 0.25) is 0 Å². The molecule has 2 aromatic heterocycles. The fourth-order valence-electron chi connectivity index (χ4n) is 2.64. The average Bonchev–Trinajstić information content (AvgIpc) is 2.98. The number of aromatic nitrogens is 3. The van der Waals surface area contributed by atoms with Crippen LogP contribution in [0.15, 0.2) is 30.7 Å². The van der Waals surface area contributed by atoms with Crippen molar-refractivity contribution in [2.24, 2.45) is 7.05 Å². The quantitative estimate of drug-likeness (QED) is 0.769. The molecule has 0 aliphatic rings. The molecule has 0 saturated heterocycles. The zero-order valence-electron chi connectivity index (χ0n) is 13.3. The van der Waals surface area contributed by atoms with Crippen molar-refractivity contribution in [2.75, 3.05) is 11.9 Å². The Morgan fingerprint density at radius 1 is 1.42 bits per heavy atom. The Labute approximate surface area is 138 Å². The van der Waals surface area contributed by atoms with Crippen molar-refractivity contribution in [1.82, 2.24) is 14.8 Å². The van der Waals surface area contributed by atoms with E-state index >= 15 is 0 Å². The van der Waals surface area contributed by atoms with Gasteiger partial charge in [0.25, 0.3) is 0 Å². The molecule has 6 nitrogen and oxygen atoms in total. The van der Waals surface area contributed by atoms with Gasteiger partial charge in [0.1, 0.15) is 11.9 Å². The highest BCUT2D eigenvalue weighted by molar-refractivity contribution is 5.95. The number of nitrogens with one attached hydrogen (secondary N) is 1. The molecule has 0 radical (unpaired) electrons. The Kier molecular flexibility index (Phi) is 4.15. The molecule has 3 aromatic rings. The van der Waals surface area contributed by atoms with Crippen LogP contribution in [0.4, 0.5) is 10.1 Å². The van der Waals surface area contributed by atoms with Crippen LogP contribution in [0.3, 0.4) is 0 Å². The monoisotopic (exact) mass is 325 g/mol. The number of nitrogens with zero attached hydrogens (tertiary/aromatic N) is 4. The Bertz CT molecular complexity index is 944. The van der Waals surface area contributed by atoms with Crippen LogP contribution in [0.25, 0.3) is 10.9 Å². The predicted octanol–water partition coefficient (Wildman–Crippen LogP) is 2.43. The third-order valence-corrected chi connectivity index (χ3v) is 3.83. The van der Waals surface area contributed by atoms with E-state index in [4.69, 9.17) is 0 Å². The minimum absolute atomic E-state index is 0.162. The number of rotatable bonds is 4. The number of pyridine rings is 1. The zero-order valence-corrected chi connectivity index (χ0v) is 13.3. The number of halogens is 1. The van der Waals surface area contributed by atoms with Crippen molar-refractivity contribution < 1.29 is 9.50 Å². The third-order valence-electron chi connectivity index (χ3n) is 3.83. The summed E-state index contributed by atoms with van der Waals surface area (Å²) in [6, 6.07) is 4.79. The van der Waals surface area contributed by atoms with E-state index in [1.54, 1.807) is 31.0 Å². The van der Waals surface area contributed by atoms with Gasteiger partial charge in [0.15, 0.2) is 0 Å². The minimum atomic E-state index is -0.803. The van der Waals surface area contributed by atoms with Crippen LogP contribution in [0.2, 0.25) is 0 Å². The van der Waals surface area contributed by atoms with Crippen LogP contribution in [0.1, 0.15) is 22.8 Å². The van der Waals surface area contributed by atoms with Crippen LogP contribution < -0.4 is 5.32 Å². The van der Waals surface area contributed by atoms with Gasteiger partial charge < -0.3 is 10.4 Å². The first kappa shape index (κ1) is 15.9. The highest BCUT2D eigenvalue weighted by Gasteiger charge is 2.15. The van der Waals surface area contributed by atoms with E-state index in [0.717, 1.165) is 0 Å². The molecular formula is C17H16FN5O. The molecule has 0 saturated carbocycles. The number of benzene rings is 1. The number of aliphatic hydroxyl groups is 1. The number of nitriles is 1. The summed E-state index contributed by atoms with van der Waals surface area (Å²) in [6.07, 6.45) is 3.94. The standard InChI is InChI=1S/C17H16FN5O/c1-10-3-13(18)4-14-16(10)20-6-11(5-19)17(14)21-8-15(24)12-7-22-23(2)9-12/h3-4,6-7,9,15,24H,8H2,1-2H3,(H,20,21). The molecule has 3 rings (SSSR count). The topological polar surface area (TPSA) is 86.8 Å². The maximum Gasteiger partial charge on any atom is 0.124 e. The molecule has 0 aliphatic carbocycles. The summed E-state index contributed by atoms with van der Waals surface area (Å²) < 4.78 is 15.4. The first-order valence-corrected chi connectivity index (χ1v) is 7.39. The smallest absolute Gasteiger partial charge is 0.124 e. The van der Waals surface area contributed by atoms with Crippen molar-refractivity contribution in [3.8, 4) is 6.07 Å². The van der Waals surface area contributed by atoms with Crippen molar-refractivity contribution >= 4 is 16.6 Å². The molecule has 0 fully saturated rings. The molecule has 0 aliphatic heterocycles. The largest absolute Gasteiger partial charge is 0.386 e. The molecule has 2 N–H and O–H groups in total. The summed E-state index contributed by atoms with van der Waals surface area (Å²) in [6.45, 7) is 1.92. The van der Waals surface area contributed by atoms with E-state index in [0.29, 0.717) is 33.3 Å². The molecule has 122 valence electrons. The first-order valence-electron chi connectivity index (χ1n) is 7.39. The maximum absolute atomic E-state index is 13.8. The maximum atomic E-state index is 13.8. The van der Waals surface area contributed by atoms with E-state index < -0.39 is 11.9 Å². The van der Waals surface area contributed by atoms with E-state index in [9.17, 15) is 14.8 Å². The molecule has 0 spiro atoms. The molecule has 0 bridgehead atoms. The van der Waals surface area contributed by atoms with Crippen LogP contribution in [-0.4, -0.2) is 26.4 Å². The van der Waals surface area contributed by atoms with E-state index in [1.165, 1.54) is 18.3 Å². The molecule has 1 atom stereocenters. The molecule has 0 amide bonds. The lowest BCUT2D eigenvalue weighted by atomic mass is 10.1. The van der Waals surface area contributed by atoms with Gasteiger partial charge in [-0.05, 0) is 24.6 Å². The van der Waals surface area contributed by atoms with Crippen molar-refractivity contribution in [1.29, 1.82) is 5.26 Å². The summed E-state index contributed by atoms with van der Waals surface area (Å²) in [5, 5.41) is 27.1. The van der Waals surface area contributed by atoms with Gasteiger partial charge >= 0.3 is 0 Å². The van der Waals surface area contributed by atoms with Gasteiger partial charge in [-0.1, -0.05) is 0 Å². The second-order valence-corrected chi connectivity index (χ2v) is 5.62. The second kappa shape index (κ2) is 6.26. The normalized spacial score (nSPS) is 12.1. The summed E-state index contributed by atoms with van der Waals surface area (Å²) in [4.78, 5) is 4.24. The number of fused-ring (bicyclic) bond motifs is 1. The molecule has 1 aromatic carbocycles. The molecule has 7 heteroatoms. The highest BCUT2D eigenvalue weighted by atomic mass is 19.1. The van der Waals surface area contributed by atoms with E-state index in [2.05, 4.69) is 15.4 Å². The minimum Gasteiger partial charge on any atom is -0.386 e. The SMILES string of the molecule is Cc1cc(F)cc2c(NCC(O)c3cnn(C)c3)c(C#N)cnc12. The van der Waals surface area contributed by atoms with Crippen molar-refractivity contribution in [3.05, 3.63) is 53.2 Å². The molecular weight excluding hydrogens is 309 g/mol. The third kappa shape index (κ3) is 2.92. The average molecular weight is 325 g/mol. The van der Waals surface area contributed by atoms with Gasteiger partial charge in [-0.25, -0.2) is 4.39 Å². The van der Waals surface area contributed by atoms with E-state index in [-0.39, 0.29) is 6.54 Å². The van der Waals surface area contributed by atoms with Gasteiger partial charge in [0.05, 0.1) is 29.1 Å². The Morgan fingerprint density at radius 3 is 2.88 bits per heavy atom. The van der Waals surface area contributed by atoms with Crippen LogP contribution in [0, 0.1) is 24.1 Å². The van der Waals surface area contributed by atoms with Crippen LogP contribution >= 0.6 is 0 Å². The van der Waals surface area contributed by atoms with Crippen molar-refractivity contribution in [2.45, 2.75) is 13.0 Å². The van der Waals surface area contributed by atoms with E-state index in [1.807, 2.05) is 6.07 Å². The molecule has 1 unspecified atom stereocenters. The zero-order chi connectivity index (χ0) is 17.3.